The average molecular weight is 336 g/mol. The first-order valence-corrected chi connectivity index (χ1v) is 8.52. The number of hydrogen-bond donors (Lipinski definition) is 2. The number of imidazole rings is 1. The molecule has 2 aromatic heterocycles. The number of benzene rings is 1. The van der Waals surface area contributed by atoms with Crippen molar-refractivity contribution < 1.29 is 9.90 Å². The minimum Gasteiger partial charge on any atom is -0.505 e. The lowest BCUT2D eigenvalue weighted by Gasteiger charge is -2.31. The fraction of sp³-hybridized carbons (Fsp3) is 0.316. The van der Waals surface area contributed by atoms with Crippen molar-refractivity contribution in [3.63, 3.8) is 0 Å². The van der Waals surface area contributed by atoms with E-state index in [1.807, 2.05) is 25.1 Å². The van der Waals surface area contributed by atoms with Crippen LogP contribution in [0.3, 0.4) is 0 Å². The van der Waals surface area contributed by atoms with Gasteiger partial charge in [0.25, 0.3) is 5.91 Å². The quantitative estimate of drug-likeness (QED) is 0.754. The molecule has 6 nitrogen and oxygen atoms in total. The van der Waals surface area contributed by atoms with Crippen molar-refractivity contribution >= 4 is 16.9 Å². The predicted molar refractivity (Wildman–Crippen MR) is 94.6 cm³/mol. The van der Waals surface area contributed by atoms with Gasteiger partial charge in [0.05, 0.1) is 11.0 Å². The first kappa shape index (κ1) is 15.6. The number of para-hydroxylation sites is 1. The van der Waals surface area contributed by atoms with E-state index in [9.17, 15) is 9.90 Å². The van der Waals surface area contributed by atoms with E-state index in [4.69, 9.17) is 4.98 Å². The molecule has 1 fully saturated rings. The Morgan fingerprint density at radius 1 is 1.32 bits per heavy atom. The van der Waals surface area contributed by atoms with E-state index in [0.717, 1.165) is 35.3 Å². The number of nitrogens with zero attached hydrogens (tertiary/aromatic N) is 3. The predicted octanol–water partition coefficient (Wildman–Crippen LogP) is 2.99. The SMILES string of the molecule is Cc1cccc2[nH]c(C3CCCN(C(=O)c4ncccc4O)C3)nc12. The van der Waals surface area contributed by atoms with Crippen LogP contribution in [0.2, 0.25) is 0 Å². The molecule has 4 rings (SSSR count). The van der Waals surface area contributed by atoms with Gasteiger partial charge in [0.15, 0.2) is 5.69 Å². The Morgan fingerprint density at radius 3 is 3.00 bits per heavy atom. The Kier molecular flexibility index (Phi) is 3.87. The van der Waals surface area contributed by atoms with E-state index >= 15 is 0 Å². The van der Waals surface area contributed by atoms with E-state index < -0.39 is 0 Å². The van der Waals surface area contributed by atoms with Gasteiger partial charge in [-0.15, -0.1) is 0 Å². The summed E-state index contributed by atoms with van der Waals surface area (Å²) in [5, 5.41) is 9.89. The Bertz CT molecular complexity index is 934. The standard InChI is InChI=1S/C19H20N4O2/c1-12-5-2-7-14-16(12)22-18(21-14)13-6-4-10-23(11-13)19(25)17-15(24)8-3-9-20-17/h2-3,5,7-9,13,24H,4,6,10-11H2,1H3,(H,21,22). The van der Waals surface area contributed by atoms with Gasteiger partial charge in [-0.1, -0.05) is 12.1 Å². The van der Waals surface area contributed by atoms with Gasteiger partial charge in [0.1, 0.15) is 11.6 Å². The van der Waals surface area contributed by atoms with Crippen LogP contribution in [0.4, 0.5) is 0 Å². The van der Waals surface area contributed by atoms with Crippen molar-refractivity contribution in [3.05, 3.63) is 53.6 Å². The van der Waals surface area contributed by atoms with E-state index in [1.54, 1.807) is 11.0 Å². The fourth-order valence-corrected chi connectivity index (χ4v) is 3.48. The summed E-state index contributed by atoms with van der Waals surface area (Å²) < 4.78 is 0. The second-order valence-electron chi connectivity index (χ2n) is 6.55. The third-order valence-corrected chi connectivity index (χ3v) is 4.82. The smallest absolute Gasteiger partial charge is 0.276 e. The largest absolute Gasteiger partial charge is 0.505 e. The maximum Gasteiger partial charge on any atom is 0.276 e. The number of carbonyl (C=O) groups is 1. The highest BCUT2D eigenvalue weighted by molar-refractivity contribution is 5.94. The van der Waals surface area contributed by atoms with Crippen LogP contribution in [0.25, 0.3) is 11.0 Å². The highest BCUT2D eigenvalue weighted by atomic mass is 16.3. The molecule has 128 valence electrons. The van der Waals surface area contributed by atoms with Gasteiger partial charge in [-0.3, -0.25) is 4.79 Å². The molecule has 3 heterocycles. The van der Waals surface area contributed by atoms with Gasteiger partial charge >= 0.3 is 0 Å². The molecule has 0 bridgehead atoms. The number of likely N-dealkylation sites (tertiary alicyclic amines) is 1. The Balaban J connectivity index is 1.59. The van der Waals surface area contributed by atoms with E-state index in [-0.39, 0.29) is 23.3 Å². The lowest BCUT2D eigenvalue weighted by Crippen LogP contribution is -2.39. The number of aromatic hydroxyl groups is 1. The number of H-pyrrole nitrogens is 1. The summed E-state index contributed by atoms with van der Waals surface area (Å²) >= 11 is 0. The van der Waals surface area contributed by atoms with Crippen LogP contribution in [-0.2, 0) is 0 Å². The molecule has 0 spiro atoms. The molecule has 0 radical (unpaired) electrons. The monoisotopic (exact) mass is 336 g/mol. The van der Waals surface area contributed by atoms with Crippen molar-refractivity contribution in [2.24, 2.45) is 0 Å². The highest BCUT2D eigenvalue weighted by Gasteiger charge is 2.29. The maximum atomic E-state index is 12.7. The van der Waals surface area contributed by atoms with Crippen molar-refractivity contribution in [3.8, 4) is 5.75 Å². The van der Waals surface area contributed by atoms with Gasteiger partial charge in [0.2, 0.25) is 0 Å². The number of amides is 1. The molecule has 1 unspecified atom stereocenters. The number of carbonyl (C=O) groups excluding carboxylic acids is 1. The number of hydrogen-bond acceptors (Lipinski definition) is 4. The summed E-state index contributed by atoms with van der Waals surface area (Å²) in [5.74, 6) is 0.784. The van der Waals surface area contributed by atoms with E-state index in [1.165, 1.54) is 12.3 Å². The summed E-state index contributed by atoms with van der Waals surface area (Å²) in [6, 6.07) is 9.19. The summed E-state index contributed by atoms with van der Waals surface area (Å²) in [6.07, 6.45) is 3.41. The molecule has 1 saturated heterocycles. The molecule has 1 atom stereocenters. The van der Waals surface area contributed by atoms with Crippen LogP contribution in [0.15, 0.2) is 36.5 Å². The zero-order chi connectivity index (χ0) is 17.4. The van der Waals surface area contributed by atoms with E-state index in [2.05, 4.69) is 9.97 Å². The van der Waals surface area contributed by atoms with Gasteiger partial charge in [-0.2, -0.15) is 0 Å². The number of aromatic amines is 1. The van der Waals surface area contributed by atoms with Crippen LogP contribution < -0.4 is 0 Å². The van der Waals surface area contributed by atoms with Gasteiger partial charge in [0, 0.05) is 25.2 Å². The summed E-state index contributed by atoms with van der Waals surface area (Å²) in [4.78, 5) is 26.7. The fourth-order valence-electron chi connectivity index (χ4n) is 3.48. The number of aromatic nitrogens is 3. The number of pyridine rings is 1. The number of rotatable bonds is 2. The van der Waals surface area contributed by atoms with Crippen LogP contribution >= 0.6 is 0 Å². The van der Waals surface area contributed by atoms with Crippen molar-refractivity contribution in [2.45, 2.75) is 25.7 Å². The van der Waals surface area contributed by atoms with Crippen LogP contribution in [-0.4, -0.2) is 44.0 Å². The molecule has 1 aliphatic rings. The molecule has 2 N–H and O–H groups in total. The molecule has 1 amide bonds. The Labute approximate surface area is 145 Å². The van der Waals surface area contributed by atoms with Gasteiger partial charge in [-0.25, -0.2) is 9.97 Å². The summed E-state index contributed by atoms with van der Waals surface area (Å²) in [7, 11) is 0. The molecule has 3 aromatic rings. The van der Waals surface area contributed by atoms with Gasteiger partial charge < -0.3 is 15.0 Å². The molecule has 0 saturated carbocycles. The molecule has 1 aromatic carbocycles. The summed E-state index contributed by atoms with van der Waals surface area (Å²) in [5.41, 5.74) is 3.27. The molecule has 1 aliphatic heterocycles. The molecule has 25 heavy (non-hydrogen) atoms. The molecule has 6 heteroatoms. The van der Waals surface area contributed by atoms with Crippen molar-refractivity contribution in [1.29, 1.82) is 0 Å². The van der Waals surface area contributed by atoms with Crippen LogP contribution in [0.5, 0.6) is 5.75 Å². The normalized spacial score (nSPS) is 17.8. The van der Waals surface area contributed by atoms with E-state index in [0.29, 0.717) is 13.1 Å². The second-order valence-corrected chi connectivity index (χ2v) is 6.55. The molecular weight excluding hydrogens is 316 g/mol. The van der Waals surface area contributed by atoms with Crippen LogP contribution in [0.1, 0.15) is 40.6 Å². The molecular formula is C19H20N4O2. The zero-order valence-corrected chi connectivity index (χ0v) is 14.1. The second kappa shape index (κ2) is 6.20. The Morgan fingerprint density at radius 2 is 2.20 bits per heavy atom. The van der Waals surface area contributed by atoms with Crippen LogP contribution in [0, 0.1) is 6.92 Å². The summed E-state index contributed by atoms with van der Waals surface area (Å²) in [6.45, 7) is 3.30. The lowest BCUT2D eigenvalue weighted by atomic mass is 9.97. The first-order chi connectivity index (χ1) is 12.1. The number of fused-ring (bicyclic) bond motifs is 1. The first-order valence-electron chi connectivity index (χ1n) is 8.52. The topological polar surface area (TPSA) is 82.1 Å². The highest BCUT2D eigenvalue weighted by Crippen LogP contribution is 2.29. The maximum absolute atomic E-state index is 12.7. The minimum atomic E-state index is -0.227. The third-order valence-electron chi connectivity index (χ3n) is 4.82. The van der Waals surface area contributed by atoms with Gasteiger partial charge in [-0.05, 0) is 43.5 Å². The third kappa shape index (κ3) is 2.84. The van der Waals surface area contributed by atoms with Crippen molar-refractivity contribution in [1.82, 2.24) is 19.9 Å². The number of piperidine rings is 1. The minimum absolute atomic E-state index is 0.0750. The lowest BCUT2D eigenvalue weighted by molar-refractivity contribution is 0.0695. The molecule has 0 aliphatic carbocycles. The Hall–Kier alpha value is -2.89. The number of nitrogens with one attached hydrogen (secondary N) is 1. The average Bonchev–Trinajstić information content (AvgIpc) is 3.07. The number of aryl methyl sites for hydroxylation is 1. The van der Waals surface area contributed by atoms with Crippen molar-refractivity contribution in [2.75, 3.05) is 13.1 Å². The zero-order valence-electron chi connectivity index (χ0n) is 14.1.